The second kappa shape index (κ2) is 4.86. The quantitative estimate of drug-likeness (QED) is 0.709. The summed E-state index contributed by atoms with van der Waals surface area (Å²) in [5.41, 5.74) is 0. The minimum atomic E-state index is 0.470. The third-order valence-corrected chi connectivity index (χ3v) is 3.73. The van der Waals surface area contributed by atoms with Gasteiger partial charge in [0.05, 0.1) is 0 Å². The van der Waals surface area contributed by atoms with E-state index < -0.39 is 0 Å². The Hall–Kier alpha value is -0.730. The summed E-state index contributed by atoms with van der Waals surface area (Å²) in [6.45, 7) is 3.20. The summed E-state index contributed by atoms with van der Waals surface area (Å²) in [5, 5.41) is 6.31. The molecule has 15 heavy (non-hydrogen) atoms. The van der Waals surface area contributed by atoms with Crippen molar-refractivity contribution in [3.8, 4) is 0 Å². The van der Waals surface area contributed by atoms with E-state index in [0.717, 1.165) is 12.5 Å². The van der Waals surface area contributed by atoms with Crippen molar-refractivity contribution >= 4 is 6.34 Å². The molecule has 1 aliphatic carbocycles. The first kappa shape index (κ1) is 10.8. The van der Waals surface area contributed by atoms with Crippen LogP contribution in [0.4, 0.5) is 0 Å². The maximum absolute atomic E-state index is 4.24. The second-order valence-corrected chi connectivity index (χ2v) is 4.78. The number of hydrogen-bond acceptors (Lipinski definition) is 3. The molecule has 0 unspecified atom stereocenters. The highest BCUT2D eigenvalue weighted by molar-refractivity contribution is 5.56. The highest BCUT2D eigenvalue weighted by Crippen LogP contribution is 2.30. The van der Waals surface area contributed by atoms with E-state index in [1.54, 1.807) is 0 Å². The monoisotopic (exact) mass is 208 g/mol. The lowest BCUT2D eigenvalue weighted by molar-refractivity contribution is 0.123. The van der Waals surface area contributed by atoms with Crippen LogP contribution in [0, 0.1) is 5.92 Å². The molecule has 1 fully saturated rings. The minimum Gasteiger partial charge on any atom is -0.331 e. The van der Waals surface area contributed by atoms with E-state index in [1.165, 1.54) is 38.5 Å². The van der Waals surface area contributed by atoms with Crippen molar-refractivity contribution in [2.24, 2.45) is 11.0 Å². The number of hydrazone groups is 1. The molecule has 1 atom stereocenters. The van der Waals surface area contributed by atoms with Crippen LogP contribution in [0.1, 0.15) is 45.4 Å². The molecule has 0 aromatic carbocycles. The Balaban J connectivity index is 1.86. The predicted octanol–water partition coefficient (Wildman–Crippen LogP) is 2.37. The topological polar surface area (TPSA) is 18.8 Å². The number of hydrogen-bond donors (Lipinski definition) is 0. The average Bonchev–Trinajstić information content (AvgIpc) is 2.62. The van der Waals surface area contributed by atoms with Crippen LogP contribution in [0.3, 0.4) is 0 Å². The first-order valence-corrected chi connectivity index (χ1v) is 6.27. The fourth-order valence-corrected chi connectivity index (χ4v) is 2.75. The van der Waals surface area contributed by atoms with Gasteiger partial charge < -0.3 is 4.90 Å². The summed E-state index contributed by atoms with van der Waals surface area (Å²) in [5.74, 6) is 0.912. The highest BCUT2D eigenvalue weighted by atomic mass is 15.6. The Morgan fingerprint density at radius 2 is 2.00 bits per heavy atom. The van der Waals surface area contributed by atoms with Crippen molar-refractivity contribution in [2.45, 2.75) is 51.6 Å². The second-order valence-electron chi connectivity index (χ2n) is 4.78. The van der Waals surface area contributed by atoms with Crippen LogP contribution in [-0.2, 0) is 0 Å². The van der Waals surface area contributed by atoms with Crippen LogP contribution in [0.15, 0.2) is 5.10 Å². The molecule has 2 aliphatic rings. The molecule has 0 amide bonds. The van der Waals surface area contributed by atoms with Gasteiger partial charge >= 0.3 is 0 Å². The van der Waals surface area contributed by atoms with Gasteiger partial charge in [0, 0.05) is 13.6 Å². The molecule has 3 heteroatoms. The zero-order valence-corrected chi connectivity index (χ0v) is 9.95. The van der Waals surface area contributed by atoms with Crippen molar-refractivity contribution in [3.63, 3.8) is 0 Å². The molecule has 1 heterocycles. The van der Waals surface area contributed by atoms with Gasteiger partial charge in [0.15, 0.2) is 6.34 Å². The van der Waals surface area contributed by atoms with E-state index in [0.29, 0.717) is 6.17 Å². The van der Waals surface area contributed by atoms with Gasteiger partial charge in [-0.2, -0.15) is 5.10 Å². The highest BCUT2D eigenvalue weighted by Gasteiger charge is 2.28. The normalized spacial score (nSPS) is 27.7. The summed E-state index contributed by atoms with van der Waals surface area (Å²) in [6.07, 6.45) is 12.0. The van der Waals surface area contributed by atoms with E-state index in [4.69, 9.17) is 0 Å². The lowest BCUT2D eigenvalue weighted by Gasteiger charge is -2.32. The molecule has 0 saturated heterocycles. The SMILES string of the molecule is CCN1[C]=NN(C)[C@@H]1CC1CCCCC1. The molecular weight excluding hydrogens is 186 g/mol. The number of nitrogens with zero attached hydrogens (tertiary/aromatic N) is 3. The molecule has 0 aromatic rings. The van der Waals surface area contributed by atoms with Crippen molar-refractivity contribution in [1.82, 2.24) is 9.91 Å². The Labute approximate surface area is 93.1 Å². The van der Waals surface area contributed by atoms with Gasteiger partial charge in [0.2, 0.25) is 0 Å². The van der Waals surface area contributed by atoms with Crippen LogP contribution < -0.4 is 0 Å². The van der Waals surface area contributed by atoms with Gasteiger partial charge in [-0.25, -0.2) is 0 Å². The van der Waals surface area contributed by atoms with Gasteiger partial charge in [-0.1, -0.05) is 32.1 Å². The fraction of sp³-hybridized carbons (Fsp3) is 0.917. The molecule has 2 rings (SSSR count). The van der Waals surface area contributed by atoms with Gasteiger partial charge in [0.1, 0.15) is 6.17 Å². The average molecular weight is 208 g/mol. The Morgan fingerprint density at radius 1 is 1.27 bits per heavy atom. The summed E-state index contributed by atoms with van der Waals surface area (Å²) in [6, 6.07) is 0. The molecule has 1 saturated carbocycles. The van der Waals surface area contributed by atoms with Crippen LogP contribution in [0.2, 0.25) is 0 Å². The zero-order chi connectivity index (χ0) is 10.7. The molecule has 1 aliphatic heterocycles. The first-order chi connectivity index (χ1) is 7.31. The smallest absolute Gasteiger partial charge is 0.195 e. The lowest BCUT2D eigenvalue weighted by Crippen LogP contribution is -2.39. The Bertz CT molecular complexity index is 221. The predicted molar refractivity (Wildman–Crippen MR) is 62.6 cm³/mol. The molecule has 0 N–H and O–H groups in total. The van der Waals surface area contributed by atoms with Crippen LogP contribution in [-0.4, -0.2) is 36.0 Å². The van der Waals surface area contributed by atoms with Crippen molar-refractivity contribution in [1.29, 1.82) is 0 Å². The summed E-state index contributed by atoms with van der Waals surface area (Å²) >= 11 is 0. The van der Waals surface area contributed by atoms with E-state index in [-0.39, 0.29) is 0 Å². The lowest BCUT2D eigenvalue weighted by atomic mass is 9.86. The Morgan fingerprint density at radius 3 is 2.67 bits per heavy atom. The zero-order valence-electron chi connectivity index (χ0n) is 9.95. The van der Waals surface area contributed by atoms with Gasteiger partial charge in [-0.3, -0.25) is 5.01 Å². The third kappa shape index (κ3) is 2.44. The van der Waals surface area contributed by atoms with Gasteiger partial charge in [0.25, 0.3) is 0 Å². The van der Waals surface area contributed by atoms with E-state index in [9.17, 15) is 0 Å². The summed E-state index contributed by atoms with van der Waals surface area (Å²) in [7, 11) is 2.07. The number of rotatable bonds is 3. The maximum atomic E-state index is 4.24. The van der Waals surface area contributed by atoms with Crippen molar-refractivity contribution in [2.75, 3.05) is 13.6 Å². The van der Waals surface area contributed by atoms with Gasteiger partial charge in [-0.05, 0) is 19.3 Å². The minimum absolute atomic E-state index is 0.470. The molecule has 85 valence electrons. The standard InChI is InChI=1S/C12H22N3/c1-3-15-10-13-14(2)12(15)9-11-7-5-4-6-8-11/h11-12H,3-9H2,1-2H3/t12-/m0/s1. The molecular formula is C12H22N3. The first-order valence-electron chi connectivity index (χ1n) is 6.27. The van der Waals surface area contributed by atoms with Crippen LogP contribution in [0.5, 0.6) is 0 Å². The molecule has 0 bridgehead atoms. The third-order valence-electron chi connectivity index (χ3n) is 3.73. The molecule has 3 nitrogen and oxygen atoms in total. The largest absolute Gasteiger partial charge is 0.331 e. The van der Waals surface area contributed by atoms with Gasteiger partial charge in [-0.15, -0.1) is 0 Å². The van der Waals surface area contributed by atoms with E-state index in [2.05, 4.69) is 35.3 Å². The van der Waals surface area contributed by atoms with Crippen LogP contribution >= 0.6 is 0 Å². The van der Waals surface area contributed by atoms with Crippen LogP contribution in [0.25, 0.3) is 0 Å². The Kier molecular flexibility index (Phi) is 3.49. The molecule has 0 aromatic heterocycles. The molecule has 1 radical (unpaired) electrons. The fourth-order valence-electron chi connectivity index (χ4n) is 2.75. The summed E-state index contributed by atoms with van der Waals surface area (Å²) < 4.78 is 0. The maximum Gasteiger partial charge on any atom is 0.195 e. The molecule has 0 spiro atoms. The van der Waals surface area contributed by atoms with Crippen molar-refractivity contribution < 1.29 is 0 Å². The van der Waals surface area contributed by atoms with Crippen molar-refractivity contribution in [3.05, 3.63) is 0 Å². The van der Waals surface area contributed by atoms with E-state index >= 15 is 0 Å². The summed E-state index contributed by atoms with van der Waals surface area (Å²) in [4.78, 5) is 2.23. The van der Waals surface area contributed by atoms with E-state index in [1.807, 2.05) is 0 Å².